The fourth-order valence-electron chi connectivity index (χ4n) is 1.66. The van der Waals surface area contributed by atoms with E-state index < -0.39 is 17.7 Å². The molecule has 0 heterocycles. The SMILES string of the molecule is CNCCC(=O)NC(C)c1cc(F)c(OC)cc1F. The van der Waals surface area contributed by atoms with E-state index in [1.807, 2.05) is 0 Å². The van der Waals surface area contributed by atoms with E-state index in [1.165, 1.54) is 7.11 Å². The van der Waals surface area contributed by atoms with Crippen molar-refractivity contribution in [2.75, 3.05) is 20.7 Å². The Bertz CT molecular complexity index is 453. The van der Waals surface area contributed by atoms with Crippen molar-refractivity contribution in [3.05, 3.63) is 29.3 Å². The number of rotatable bonds is 6. The molecule has 0 bridgehead atoms. The molecule has 0 aliphatic carbocycles. The van der Waals surface area contributed by atoms with Crippen LogP contribution in [-0.4, -0.2) is 26.6 Å². The second kappa shape index (κ2) is 7.04. The molecule has 1 rings (SSSR count). The Morgan fingerprint density at radius 3 is 2.63 bits per heavy atom. The zero-order valence-electron chi connectivity index (χ0n) is 11.2. The van der Waals surface area contributed by atoms with Crippen LogP contribution in [0, 0.1) is 11.6 Å². The number of benzene rings is 1. The molecule has 1 amide bonds. The van der Waals surface area contributed by atoms with Gasteiger partial charge in [-0.2, -0.15) is 0 Å². The van der Waals surface area contributed by atoms with Crippen molar-refractivity contribution in [1.82, 2.24) is 10.6 Å². The van der Waals surface area contributed by atoms with Gasteiger partial charge < -0.3 is 15.4 Å². The molecule has 0 spiro atoms. The van der Waals surface area contributed by atoms with Crippen molar-refractivity contribution >= 4 is 5.91 Å². The summed E-state index contributed by atoms with van der Waals surface area (Å²) >= 11 is 0. The van der Waals surface area contributed by atoms with Crippen LogP contribution in [0.5, 0.6) is 5.75 Å². The minimum Gasteiger partial charge on any atom is -0.494 e. The number of nitrogens with one attached hydrogen (secondary N) is 2. The highest BCUT2D eigenvalue weighted by Crippen LogP contribution is 2.25. The molecule has 6 heteroatoms. The molecule has 0 saturated heterocycles. The number of ether oxygens (including phenoxy) is 1. The van der Waals surface area contributed by atoms with E-state index in [4.69, 9.17) is 0 Å². The molecule has 1 unspecified atom stereocenters. The van der Waals surface area contributed by atoms with E-state index in [2.05, 4.69) is 15.4 Å². The molecule has 106 valence electrons. The number of hydrogen-bond acceptors (Lipinski definition) is 3. The number of amides is 1. The van der Waals surface area contributed by atoms with Gasteiger partial charge in [0.15, 0.2) is 11.6 Å². The zero-order valence-corrected chi connectivity index (χ0v) is 11.2. The van der Waals surface area contributed by atoms with E-state index >= 15 is 0 Å². The molecule has 0 aliphatic rings. The quantitative estimate of drug-likeness (QED) is 0.829. The summed E-state index contributed by atoms with van der Waals surface area (Å²) in [4.78, 5) is 11.5. The molecule has 19 heavy (non-hydrogen) atoms. The molecule has 1 aromatic carbocycles. The van der Waals surface area contributed by atoms with Gasteiger partial charge in [-0.25, -0.2) is 8.78 Å². The third-order valence-corrected chi connectivity index (χ3v) is 2.72. The second-order valence-electron chi connectivity index (χ2n) is 4.15. The minimum absolute atomic E-state index is 0.0936. The van der Waals surface area contributed by atoms with Gasteiger partial charge in [-0.05, 0) is 20.0 Å². The average molecular weight is 272 g/mol. The molecule has 0 saturated carbocycles. The van der Waals surface area contributed by atoms with Gasteiger partial charge in [-0.3, -0.25) is 4.79 Å². The normalized spacial score (nSPS) is 12.1. The van der Waals surface area contributed by atoms with Crippen LogP contribution in [0.15, 0.2) is 12.1 Å². The Balaban J connectivity index is 2.79. The molecule has 1 atom stereocenters. The lowest BCUT2D eigenvalue weighted by atomic mass is 10.1. The van der Waals surface area contributed by atoms with Crippen LogP contribution in [0.25, 0.3) is 0 Å². The topological polar surface area (TPSA) is 50.4 Å². The molecule has 0 aliphatic heterocycles. The number of hydrogen-bond donors (Lipinski definition) is 2. The third-order valence-electron chi connectivity index (χ3n) is 2.72. The summed E-state index contributed by atoms with van der Waals surface area (Å²) in [6.07, 6.45) is 0.279. The van der Waals surface area contributed by atoms with Crippen LogP contribution >= 0.6 is 0 Å². The van der Waals surface area contributed by atoms with Crippen molar-refractivity contribution in [2.45, 2.75) is 19.4 Å². The van der Waals surface area contributed by atoms with Crippen LogP contribution in [0.4, 0.5) is 8.78 Å². The summed E-state index contributed by atoms with van der Waals surface area (Å²) in [5.41, 5.74) is 0.0936. The van der Waals surface area contributed by atoms with Crippen molar-refractivity contribution in [1.29, 1.82) is 0 Å². The van der Waals surface area contributed by atoms with E-state index in [-0.39, 0.29) is 23.6 Å². The number of carbonyl (C=O) groups excluding carboxylic acids is 1. The zero-order chi connectivity index (χ0) is 14.4. The van der Waals surface area contributed by atoms with Gasteiger partial charge in [0.05, 0.1) is 13.2 Å². The van der Waals surface area contributed by atoms with Gasteiger partial charge in [0.2, 0.25) is 5.91 Å². The highest BCUT2D eigenvalue weighted by Gasteiger charge is 2.17. The number of halogens is 2. The fraction of sp³-hybridized carbons (Fsp3) is 0.462. The predicted molar refractivity (Wildman–Crippen MR) is 68.0 cm³/mol. The lowest BCUT2D eigenvalue weighted by molar-refractivity contribution is -0.121. The Labute approximate surface area is 111 Å². The minimum atomic E-state index is -0.657. The first-order chi connectivity index (χ1) is 8.99. The highest BCUT2D eigenvalue weighted by atomic mass is 19.1. The number of carbonyl (C=O) groups is 1. The lowest BCUT2D eigenvalue weighted by Crippen LogP contribution is -2.29. The van der Waals surface area contributed by atoms with Gasteiger partial charge in [-0.15, -0.1) is 0 Å². The van der Waals surface area contributed by atoms with Crippen LogP contribution in [0.2, 0.25) is 0 Å². The monoisotopic (exact) mass is 272 g/mol. The van der Waals surface area contributed by atoms with Crippen molar-refractivity contribution < 1.29 is 18.3 Å². The van der Waals surface area contributed by atoms with Crippen LogP contribution in [-0.2, 0) is 4.79 Å². The Morgan fingerprint density at radius 1 is 1.37 bits per heavy atom. The van der Waals surface area contributed by atoms with Gasteiger partial charge in [0.1, 0.15) is 5.82 Å². The number of methoxy groups -OCH3 is 1. The van der Waals surface area contributed by atoms with Gasteiger partial charge in [0, 0.05) is 24.6 Å². The van der Waals surface area contributed by atoms with E-state index in [9.17, 15) is 13.6 Å². The largest absolute Gasteiger partial charge is 0.494 e. The van der Waals surface area contributed by atoms with Crippen LogP contribution < -0.4 is 15.4 Å². The molecule has 0 aromatic heterocycles. The van der Waals surface area contributed by atoms with Gasteiger partial charge >= 0.3 is 0 Å². The summed E-state index contributed by atoms with van der Waals surface area (Å²) in [6.45, 7) is 2.12. The highest BCUT2D eigenvalue weighted by molar-refractivity contribution is 5.76. The van der Waals surface area contributed by atoms with Crippen LogP contribution in [0.1, 0.15) is 24.9 Å². The summed E-state index contributed by atoms with van der Waals surface area (Å²) in [5, 5.41) is 5.45. The first-order valence-electron chi connectivity index (χ1n) is 5.96. The van der Waals surface area contributed by atoms with Gasteiger partial charge in [0.25, 0.3) is 0 Å². The van der Waals surface area contributed by atoms with E-state index in [0.717, 1.165) is 12.1 Å². The Hall–Kier alpha value is -1.69. The smallest absolute Gasteiger partial charge is 0.221 e. The summed E-state index contributed by atoms with van der Waals surface area (Å²) in [6, 6.07) is 1.41. The first-order valence-corrected chi connectivity index (χ1v) is 5.96. The maximum atomic E-state index is 13.8. The van der Waals surface area contributed by atoms with Gasteiger partial charge in [-0.1, -0.05) is 0 Å². The molecular weight excluding hydrogens is 254 g/mol. The Kier molecular flexibility index (Phi) is 5.69. The molecular formula is C13H18F2N2O2. The summed E-state index contributed by atoms with van der Waals surface area (Å²) in [7, 11) is 3.00. The molecule has 0 radical (unpaired) electrons. The van der Waals surface area contributed by atoms with Crippen LogP contribution in [0.3, 0.4) is 0 Å². The third kappa shape index (κ3) is 4.17. The second-order valence-corrected chi connectivity index (χ2v) is 4.15. The maximum absolute atomic E-state index is 13.8. The average Bonchev–Trinajstić information content (AvgIpc) is 2.38. The van der Waals surface area contributed by atoms with Crippen molar-refractivity contribution in [3.63, 3.8) is 0 Å². The molecule has 0 fully saturated rings. The summed E-state index contributed by atoms with van der Waals surface area (Å²) < 4.78 is 32.0. The standard InChI is InChI=1S/C13H18F2N2O2/c1-8(17-13(18)4-5-16-2)9-6-11(15)12(19-3)7-10(9)14/h6-8,16H,4-5H2,1-3H3,(H,17,18). The van der Waals surface area contributed by atoms with Crippen molar-refractivity contribution in [2.24, 2.45) is 0 Å². The van der Waals surface area contributed by atoms with E-state index in [1.54, 1.807) is 14.0 Å². The molecule has 1 aromatic rings. The van der Waals surface area contributed by atoms with Crippen molar-refractivity contribution in [3.8, 4) is 5.75 Å². The van der Waals surface area contributed by atoms with E-state index in [0.29, 0.717) is 6.54 Å². The fourth-order valence-corrected chi connectivity index (χ4v) is 1.66. The lowest BCUT2D eigenvalue weighted by Gasteiger charge is -2.16. The Morgan fingerprint density at radius 2 is 2.05 bits per heavy atom. The first kappa shape index (κ1) is 15.4. The molecule has 2 N–H and O–H groups in total. The molecule has 4 nitrogen and oxygen atoms in total. The maximum Gasteiger partial charge on any atom is 0.221 e. The summed E-state index contributed by atoms with van der Waals surface area (Å²) in [5.74, 6) is -1.65. The predicted octanol–water partition coefficient (Wildman–Crippen LogP) is 1.76.